The maximum atomic E-state index is 11.2. The van der Waals surface area contributed by atoms with E-state index in [2.05, 4.69) is 17.1 Å². The van der Waals surface area contributed by atoms with E-state index < -0.39 is 12.0 Å². The Morgan fingerprint density at radius 2 is 1.04 bits per heavy atom. The van der Waals surface area contributed by atoms with Crippen LogP contribution in [0.4, 0.5) is 4.79 Å². The SMILES string of the molecule is CCCCCCCCCCCCCCCCCCNC(=O)NOC(C)=O. The average Bonchev–Trinajstić information content (AvgIpc) is 2.62. The quantitative estimate of drug-likeness (QED) is 0.243. The molecule has 0 aromatic heterocycles. The highest BCUT2D eigenvalue weighted by Gasteiger charge is 2.00. The van der Waals surface area contributed by atoms with Crippen LogP contribution in [0.25, 0.3) is 0 Å². The summed E-state index contributed by atoms with van der Waals surface area (Å²) in [5, 5.41) is 2.66. The van der Waals surface area contributed by atoms with E-state index in [0.29, 0.717) is 6.54 Å². The number of hydroxylamine groups is 1. The number of nitrogens with one attached hydrogen (secondary N) is 2. The van der Waals surface area contributed by atoms with Crippen molar-refractivity contribution in [2.75, 3.05) is 6.54 Å². The fourth-order valence-corrected chi connectivity index (χ4v) is 3.03. The van der Waals surface area contributed by atoms with E-state index in [1.54, 1.807) is 0 Å². The lowest BCUT2D eigenvalue weighted by molar-refractivity contribution is -0.145. The fraction of sp³-hybridized carbons (Fsp3) is 0.905. The fourth-order valence-electron chi connectivity index (χ4n) is 3.03. The molecule has 0 saturated carbocycles. The second-order valence-corrected chi connectivity index (χ2v) is 7.25. The van der Waals surface area contributed by atoms with Gasteiger partial charge in [0.25, 0.3) is 0 Å². The van der Waals surface area contributed by atoms with Crippen LogP contribution in [0.3, 0.4) is 0 Å². The first-order valence-corrected chi connectivity index (χ1v) is 10.9. The summed E-state index contributed by atoms with van der Waals surface area (Å²) in [5.74, 6) is -0.525. The molecule has 5 heteroatoms. The van der Waals surface area contributed by atoms with Crippen molar-refractivity contribution in [2.45, 2.75) is 117 Å². The molecule has 0 aliphatic heterocycles. The molecule has 5 nitrogen and oxygen atoms in total. The minimum Gasteiger partial charge on any atom is -0.340 e. The first-order valence-electron chi connectivity index (χ1n) is 10.9. The van der Waals surface area contributed by atoms with Crippen molar-refractivity contribution in [2.24, 2.45) is 0 Å². The predicted molar refractivity (Wildman–Crippen MR) is 108 cm³/mol. The van der Waals surface area contributed by atoms with Crippen LogP contribution in [0.5, 0.6) is 0 Å². The summed E-state index contributed by atoms with van der Waals surface area (Å²) in [4.78, 5) is 26.1. The monoisotopic (exact) mass is 370 g/mol. The molecule has 0 unspecified atom stereocenters. The van der Waals surface area contributed by atoms with E-state index in [1.165, 1.54) is 96.8 Å². The maximum absolute atomic E-state index is 11.2. The van der Waals surface area contributed by atoms with Crippen LogP contribution in [0.2, 0.25) is 0 Å². The molecule has 0 saturated heterocycles. The van der Waals surface area contributed by atoms with Crippen LogP contribution >= 0.6 is 0 Å². The molecule has 0 atom stereocenters. The van der Waals surface area contributed by atoms with Gasteiger partial charge in [0.15, 0.2) is 0 Å². The molecule has 0 spiro atoms. The van der Waals surface area contributed by atoms with E-state index in [9.17, 15) is 9.59 Å². The van der Waals surface area contributed by atoms with Crippen LogP contribution in [-0.2, 0) is 9.63 Å². The molecular weight excluding hydrogens is 328 g/mol. The maximum Gasteiger partial charge on any atom is 0.348 e. The Balaban J connectivity index is 3.09. The number of hydrogen-bond donors (Lipinski definition) is 2. The van der Waals surface area contributed by atoms with E-state index in [1.807, 2.05) is 5.48 Å². The van der Waals surface area contributed by atoms with Gasteiger partial charge >= 0.3 is 12.0 Å². The van der Waals surface area contributed by atoms with E-state index in [0.717, 1.165) is 12.8 Å². The zero-order chi connectivity index (χ0) is 19.3. The number of carbonyl (C=O) groups excluding carboxylic acids is 2. The van der Waals surface area contributed by atoms with Crippen molar-refractivity contribution < 1.29 is 14.4 Å². The first-order chi connectivity index (χ1) is 12.7. The number of rotatable bonds is 17. The van der Waals surface area contributed by atoms with Crippen molar-refractivity contribution in [1.29, 1.82) is 0 Å². The van der Waals surface area contributed by atoms with Gasteiger partial charge in [0.05, 0.1) is 0 Å². The molecule has 26 heavy (non-hydrogen) atoms. The van der Waals surface area contributed by atoms with Gasteiger partial charge in [0.1, 0.15) is 0 Å². The summed E-state index contributed by atoms with van der Waals surface area (Å²) >= 11 is 0. The largest absolute Gasteiger partial charge is 0.348 e. The highest BCUT2D eigenvalue weighted by Crippen LogP contribution is 2.13. The summed E-state index contributed by atoms with van der Waals surface area (Å²) in [6.07, 6.45) is 21.4. The van der Waals surface area contributed by atoms with Gasteiger partial charge in [0, 0.05) is 13.5 Å². The molecule has 154 valence electrons. The van der Waals surface area contributed by atoms with Crippen LogP contribution < -0.4 is 10.8 Å². The second-order valence-electron chi connectivity index (χ2n) is 7.25. The van der Waals surface area contributed by atoms with Gasteiger partial charge in [-0.3, -0.25) is 4.79 Å². The molecular formula is C21H42N2O3. The lowest BCUT2D eigenvalue weighted by Crippen LogP contribution is -2.36. The van der Waals surface area contributed by atoms with Gasteiger partial charge < -0.3 is 10.2 Å². The topological polar surface area (TPSA) is 67.4 Å². The summed E-state index contributed by atoms with van der Waals surface area (Å²) in [6, 6.07) is -0.457. The molecule has 0 heterocycles. The van der Waals surface area contributed by atoms with Gasteiger partial charge in [-0.05, 0) is 6.42 Å². The Morgan fingerprint density at radius 1 is 0.654 bits per heavy atom. The highest BCUT2D eigenvalue weighted by atomic mass is 16.7. The molecule has 0 rings (SSSR count). The summed E-state index contributed by atoms with van der Waals surface area (Å²) in [5.41, 5.74) is 2.04. The van der Waals surface area contributed by atoms with Crippen LogP contribution in [-0.4, -0.2) is 18.5 Å². The Bertz CT molecular complexity index is 335. The standard InChI is InChI=1S/C21H42N2O3/c1-3-4-5-6-7-8-9-10-11-12-13-14-15-16-17-18-19-22-21(25)23-26-20(2)24/h3-19H2,1-2H3,(H2,22,23,25). The lowest BCUT2D eigenvalue weighted by atomic mass is 10.0. The van der Waals surface area contributed by atoms with Crippen molar-refractivity contribution in [1.82, 2.24) is 10.8 Å². The van der Waals surface area contributed by atoms with Gasteiger partial charge in [0.2, 0.25) is 0 Å². The van der Waals surface area contributed by atoms with Crippen molar-refractivity contribution in [3.63, 3.8) is 0 Å². The van der Waals surface area contributed by atoms with E-state index in [4.69, 9.17) is 0 Å². The Morgan fingerprint density at radius 3 is 1.42 bits per heavy atom. The summed E-state index contributed by atoms with van der Waals surface area (Å²) in [6.45, 7) is 4.13. The smallest absolute Gasteiger partial charge is 0.340 e. The first kappa shape index (κ1) is 24.7. The Kier molecular flexibility index (Phi) is 19.1. The zero-order valence-electron chi connectivity index (χ0n) is 17.2. The summed E-state index contributed by atoms with van der Waals surface area (Å²) in [7, 11) is 0. The van der Waals surface area contributed by atoms with Crippen molar-refractivity contribution in [3.8, 4) is 0 Å². The number of urea groups is 1. The van der Waals surface area contributed by atoms with Crippen molar-refractivity contribution >= 4 is 12.0 Å². The number of unbranched alkanes of at least 4 members (excludes halogenated alkanes) is 15. The molecule has 0 radical (unpaired) electrons. The zero-order valence-corrected chi connectivity index (χ0v) is 17.2. The molecule has 0 aromatic rings. The van der Waals surface area contributed by atoms with Gasteiger partial charge in [-0.15, -0.1) is 0 Å². The summed E-state index contributed by atoms with van der Waals surface area (Å²) < 4.78 is 0. The van der Waals surface area contributed by atoms with Crippen molar-refractivity contribution in [3.05, 3.63) is 0 Å². The lowest BCUT2D eigenvalue weighted by Gasteiger charge is -2.06. The normalized spacial score (nSPS) is 10.5. The Hall–Kier alpha value is -1.26. The predicted octanol–water partition coefficient (Wildman–Crippen LogP) is 6.03. The molecule has 0 aliphatic rings. The molecule has 0 bridgehead atoms. The Labute approximate surface area is 161 Å². The number of carbonyl (C=O) groups is 2. The third-order valence-electron chi connectivity index (χ3n) is 4.60. The second kappa shape index (κ2) is 20.1. The van der Waals surface area contributed by atoms with Gasteiger partial charge in [-0.2, -0.15) is 5.48 Å². The van der Waals surface area contributed by atoms with Crippen LogP contribution in [0.15, 0.2) is 0 Å². The average molecular weight is 371 g/mol. The molecule has 2 N–H and O–H groups in total. The van der Waals surface area contributed by atoms with Crippen LogP contribution in [0.1, 0.15) is 117 Å². The van der Waals surface area contributed by atoms with E-state index in [-0.39, 0.29) is 0 Å². The minimum absolute atomic E-state index is 0.457. The molecule has 0 aliphatic carbocycles. The third kappa shape index (κ3) is 20.8. The molecule has 0 aromatic carbocycles. The molecule has 2 amide bonds. The minimum atomic E-state index is -0.525. The van der Waals surface area contributed by atoms with Gasteiger partial charge in [-0.25, -0.2) is 4.79 Å². The number of hydrogen-bond acceptors (Lipinski definition) is 3. The number of amides is 2. The van der Waals surface area contributed by atoms with Crippen LogP contribution in [0, 0.1) is 0 Å². The third-order valence-corrected chi connectivity index (χ3v) is 4.60. The molecule has 0 fully saturated rings. The van der Waals surface area contributed by atoms with Gasteiger partial charge in [-0.1, -0.05) is 103 Å². The highest BCUT2D eigenvalue weighted by molar-refractivity contribution is 5.75. The van der Waals surface area contributed by atoms with E-state index >= 15 is 0 Å².